The number of carbonyl (C=O) groups excluding carboxylic acids is 2. The minimum Gasteiger partial charge on any atom is -0.484 e. The first-order valence-electron chi connectivity index (χ1n) is 7.85. The van der Waals surface area contributed by atoms with Crippen molar-refractivity contribution in [2.45, 2.75) is 6.10 Å². The van der Waals surface area contributed by atoms with Gasteiger partial charge in [-0.25, -0.2) is 0 Å². The molecule has 6 nitrogen and oxygen atoms in total. The average molecular weight is 395 g/mol. The van der Waals surface area contributed by atoms with Crippen molar-refractivity contribution in [1.82, 2.24) is 5.32 Å². The van der Waals surface area contributed by atoms with Gasteiger partial charge in [-0.05, 0) is 24.3 Å². The molecule has 1 N–H and O–H groups in total. The molecule has 136 valence electrons. The first-order chi connectivity index (χ1) is 12.5. The van der Waals surface area contributed by atoms with Crippen LogP contribution in [0, 0.1) is 0 Å². The Morgan fingerprint density at radius 3 is 2.73 bits per heavy atom. The number of hydrogen-bond acceptors (Lipinski definition) is 4. The number of nitrogens with one attached hydrogen (secondary N) is 1. The predicted molar refractivity (Wildman–Crippen MR) is 99.2 cm³/mol. The largest absolute Gasteiger partial charge is 0.484 e. The van der Waals surface area contributed by atoms with Gasteiger partial charge >= 0.3 is 0 Å². The summed E-state index contributed by atoms with van der Waals surface area (Å²) < 4.78 is 11.2. The number of rotatable bonds is 4. The summed E-state index contributed by atoms with van der Waals surface area (Å²) in [5, 5.41) is 3.28. The normalized spacial score (nSPS) is 15.7. The van der Waals surface area contributed by atoms with Crippen molar-refractivity contribution in [3.8, 4) is 11.5 Å². The highest BCUT2D eigenvalue weighted by molar-refractivity contribution is 6.42. The first-order valence-corrected chi connectivity index (χ1v) is 8.60. The molecule has 1 aliphatic heterocycles. The molecule has 0 radical (unpaired) electrons. The number of anilines is 1. The van der Waals surface area contributed by atoms with Crippen LogP contribution in [0.3, 0.4) is 0 Å². The maximum Gasteiger partial charge on any atom is 0.265 e. The van der Waals surface area contributed by atoms with E-state index in [9.17, 15) is 9.59 Å². The predicted octanol–water partition coefficient (Wildman–Crippen LogP) is 2.91. The van der Waals surface area contributed by atoms with Crippen molar-refractivity contribution in [3.63, 3.8) is 0 Å². The van der Waals surface area contributed by atoms with Crippen LogP contribution < -0.4 is 19.7 Å². The third-order valence-corrected chi connectivity index (χ3v) is 4.61. The van der Waals surface area contributed by atoms with Crippen LogP contribution in [0.1, 0.15) is 0 Å². The Labute approximate surface area is 160 Å². The Bertz CT molecular complexity index is 844. The maximum atomic E-state index is 12.7. The van der Waals surface area contributed by atoms with Crippen LogP contribution >= 0.6 is 23.2 Å². The van der Waals surface area contributed by atoms with Gasteiger partial charge in [0.1, 0.15) is 11.5 Å². The molecule has 2 aromatic rings. The second kappa shape index (κ2) is 7.85. The number of ether oxygens (including phenoxy) is 2. The van der Waals surface area contributed by atoms with E-state index in [0.717, 1.165) is 0 Å². The van der Waals surface area contributed by atoms with Crippen molar-refractivity contribution < 1.29 is 19.1 Å². The van der Waals surface area contributed by atoms with Gasteiger partial charge in [0.25, 0.3) is 11.8 Å². The molecule has 3 rings (SSSR count). The van der Waals surface area contributed by atoms with Crippen molar-refractivity contribution in [2.24, 2.45) is 0 Å². The van der Waals surface area contributed by atoms with Crippen LogP contribution in [-0.2, 0) is 9.59 Å². The molecule has 0 unspecified atom stereocenters. The lowest BCUT2D eigenvalue weighted by atomic mass is 10.1. The highest BCUT2D eigenvalue weighted by Crippen LogP contribution is 2.33. The Kier molecular flexibility index (Phi) is 5.54. The van der Waals surface area contributed by atoms with Crippen LogP contribution in [0.4, 0.5) is 5.69 Å². The molecule has 0 bridgehead atoms. The zero-order valence-corrected chi connectivity index (χ0v) is 15.4. The summed E-state index contributed by atoms with van der Waals surface area (Å²) in [6.07, 6.45) is -0.788. The molecule has 0 spiro atoms. The Balaban J connectivity index is 1.76. The van der Waals surface area contributed by atoms with Crippen LogP contribution in [-0.4, -0.2) is 38.1 Å². The molecular formula is C18H16Cl2N2O4. The molecule has 0 fully saturated rings. The summed E-state index contributed by atoms with van der Waals surface area (Å²) in [6, 6.07) is 11.8. The van der Waals surface area contributed by atoms with Crippen LogP contribution in [0.2, 0.25) is 10.0 Å². The van der Waals surface area contributed by atoms with Gasteiger partial charge in [-0.15, -0.1) is 0 Å². The number of para-hydroxylation sites is 2. The second-order valence-corrected chi connectivity index (χ2v) is 6.37. The summed E-state index contributed by atoms with van der Waals surface area (Å²) in [4.78, 5) is 26.1. The minimum atomic E-state index is -0.788. The fraction of sp³-hybridized carbons (Fsp3) is 0.222. The zero-order valence-electron chi connectivity index (χ0n) is 13.9. The fourth-order valence-corrected chi connectivity index (χ4v) is 2.85. The lowest BCUT2D eigenvalue weighted by Crippen LogP contribution is -2.51. The van der Waals surface area contributed by atoms with Crippen LogP contribution in [0.5, 0.6) is 11.5 Å². The van der Waals surface area contributed by atoms with Gasteiger partial charge < -0.3 is 19.7 Å². The van der Waals surface area contributed by atoms with Crippen LogP contribution in [0.25, 0.3) is 0 Å². The van der Waals surface area contributed by atoms with E-state index in [1.807, 2.05) is 0 Å². The van der Waals surface area contributed by atoms with Crippen molar-refractivity contribution in [2.75, 3.05) is 25.1 Å². The summed E-state index contributed by atoms with van der Waals surface area (Å²) >= 11 is 11.8. The lowest BCUT2D eigenvalue weighted by Gasteiger charge is -2.33. The van der Waals surface area contributed by atoms with E-state index in [1.54, 1.807) is 36.4 Å². The topological polar surface area (TPSA) is 67.9 Å². The molecule has 26 heavy (non-hydrogen) atoms. The number of likely N-dealkylation sites (N-methyl/N-ethyl adjacent to an activating group) is 1. The highest BCUT2D eigenvalue weighted by atomic mass is 35.5. The standard InChI is InChI=1S/C18H16Cl2N2O4/c1-21-18(24)16-9-22(14-4-2-3-5-15(14)26-16)17(23)10-25-11-6-7-12(19)13(20)8-11/h2-8,16H,9-10H2,1H3,(H,21,24)/t16-/m1/s1. The number of fused-ring (bicyclic) bond motifs is 1. The molecule has 0 saturated heterocycles. The summed E-state index contributed by atoms with van der Waals surface area (Å²) in [5.74, 6) is 0.288. The number of carbonyl (C=O) groups is 2. The molecule has 2 amide bonds. The summed E-state index contributed by atoms with van der Waals surface area (Å²) in [7, 11) is 1.52. The second-order valence-electron chi connectivity index (χ2n) is 5.56. The Hall–Kier alpha value is -2.44. The monoisotopic (exact) mass is 394 g/mol. The van der Waals surface area contributed by atoms with E-state index >= 15 is 0 Å². The van der Waals surface area contributed by atoms with Crippen LogP contribution in [0.15, 0.2) is 42.5 Å². The third kappa shape index (κ3) is 3.86. The van der Waals surface area contributed by atoms with E-state index in [0.29, 0.717) is 27.2 Å². The van der Waals surface area contributed by atoms with E-state index in [2.05, 4.69) is 5.32 Å². The molecule has 0 aromatic heterocycles. The number of amides is 2. The Morgan fingerprint density at radius 2 is 2.00 bits per heavy atom. The van der Waals surface area contributed by atoms with Gasteiger partial charge in [0, 0.05) is 13.1 Å². The molecule has 1 atom stereocenters. The van der Waals surface area contributed by atoms with Gasteiger partial charge in [-0.2, -0.15) is 0 Å². The molecule has 0 saturated carbocycles. The van der Waals surface area contributed by atoms with Gasteiger partial charge in [-0.1, -0.05) is 35.3 Å². The zero-order chi connectivity index (χ0) is 18.7. The molecule has 0 aliphatic carbocycles. The third-order valence-electron chi connectivity index (χ3n) is 3.87. The van der Waals surface area contributed by atoms with Gasteiger partial charge in [0.2, 0.25) is 0 Å². The number of hydrogen-bond donors (Lipinski definition) is 1. The first kappa shape index (κ1) is 18.4. The fourth-order valence-electron chi connectivity index (χ4n) is 2.56. The van der Waals surface area contributed by atoms with E-state index < -0.39 is 6.10 Å². The van der Waals surface area contributed by atoms with Crippen molar-refractivity contribution in [3.05, 3.63) is 52.5 Å². The van der Waals surface area contributed by atoms with Gasteiger partial charge in [-0.3, -0.25) is 9.59 Å². The lowest BCUT2D eigenvalue weighted by molar-refractivity contribution is -0.128. The highest BCUT2D eigenvalue weighted by Gasteiger charge is 2.33. The van der Waals surface area contributed by atoms with E-state index in [-0.39, 0.29) is 25.0 Å². The molecule has 1 heterocycles. The molecule has 1 aliphatic rings. The average Bonchev–Trinajstić information content (AvgIpc) is 2.67. The summed E-state index contributed by atoms with van der Waals surface area (Å²) in [6.45, 7) is -0.118. The number of halogens is 2. The molecular weight excluding hydrogens is 379 g/mol. The molecule has 8 heteroatoms. The van der Waals surface area contributed by atoms with Crippen molar-refractivity contribution >= 4 is 40.7 Å². The van der Waals surface area contributed by atoms with Gasteiger partial charge in [0.15, 0.2) is 12.7 Å². The van der Waals surface area contributed by atoms with Gasteiger partial charge in [0.05, 0.1) is 22.3 Å². The molecule has 2 aromatic carbocycles. The summed E-state index contributed by atoms with van der Waals surface area (Å²) in [5.41, 5.74) is 0.593. The smallest absolute Gasteiger partial charge is 0.265 e. The minimum absolute atomic E-state index is 0.0975. The number of benzene rings is 2. The van der Waals surface area contributed by atoms with E-state index in [4.69, 9.17) is 32.7 Å². The van der Waals surface area contributed by atoms with E-state index in [1.165, 1.54) is 18.0 Å². The number of nitrogens with zero attached hydrogens (tertiary/aromatic N) is 1. The van der Waals surface area contributed by atoms with Crippen molar-refractivity contribution in [1.29, 1.82) is 0 Å². The Morgan fingerprint density at radius 1 is 1.23 bits per heavy atom. The SMILES string of the molecule is CNC(=O)[C@H]1CN(C(=O)COc2ccc(Cl)c(Cl)c2)c2ccccc2O1. The quantitative estimate of drug-likeness (QED) is 0.865. The maximum absolute atomic E-state index is 12.7.